The van der Waals surface area contributed by atoms with Gasteiger partial charge in [-0.3, -0.25) is 19.7 Å². The van der Waals surface area contributed by atoms with Crippen LogP contribution in [0.1, 0.15) is 23.2 Å². The molecule has 1 aliphatic heterocycles. The average Bonchev–Trinajstić information content (AvgIpc) is 2.36. The Bertz CT molecular complexity index is 562. The predicted octanol–water partition coefficient (Wildman–Crippen LogP) is 1.01. The second-order valence-electron chi connectivity index (χ2n) is 4.11. The molecule has 1 heterocycles. The fraction of sp³-hybridized carbons (Fsp3) is 0.250. The summed E-state index contributed by atoms with van der Waals surface area (Å²) in [4.78, 5) is 34.2. The first-order chi connectivity index (χ1) is 8.97. The number of hydrogen-bond donors (Lipinski definition) is 2. The van der Waals surface area contributed by atoms with Gasteiger partial charge >= 0.3 is 0 Å². The minimum Gasteiger partial charge on any atom is -0.340 e. The summed E-state index contributed by atoms with van der Waals surface area (Å²) >= 11 is 5.51. The topological polar surface area (TPSA) is 75.3 Å². The van der Waals surface area contributed by atoms with Crippen LogP contribution in [0.3, 0.4) is 0 Å². The van der Waals surface area contributed by atoms with E-state index in [-0.39, 0.29) is 29.3 Å². The highest BCUT2D eigenvalue weighted by molar-refractivity contribution is 6.30. The summed E-state index contributed by atoms with van der Waals surface area (Å²) in [5.74, 6) is -2.23. The molecule has 1 atom stereocenters. The normalized spacial score (nSPS) is 18.9. The van der Waals surface area contributed by atoms with E-state index in [2.05, 4.69) is 10.6 Å². The Labute approximate surface area is 113 Å². The summed E-state index contributed by atoms with van der Waals surface area (Å²) in [6.07, 6.45) is 0.387. The van der Waals surface area contributed by atoms with Gasteiger partial charge in [-0.25, -0.2) is 4.39 Å². The van der Waals surface area contributed by atoms with Gasteiger partial charge in [-0.2, -0.15) is 0 Å². The minimum absolute atomic E-state index is 0.0617. The number of carbonyl (C=O) groups excluding carboxylic acids is 3. The number of halogens is 2. The van der Waals surface area contributed by atoms with Crippen molar-refractivity contribution in [3.8, 4) is 0 Å². The number of imide groups is 1. The summed E-state index contributed by atoms with van der Waals surface area (Å²) in [6.45, 7) is 0. The van der Waals surface area contributed by atoms with Crippen molar-refractivity contribution in [2.75, 3.05) is 0 Å². The molecule has 0 spiro atoms. The van der Waals surface area contributed by atoms with Crippen molar-refractivity contribution in [3.05, 3.63) is 34.6 Å². The van der Waals surface area contributed by atoms with Gasteiger partial charge in [0, 0.05) is 12.0 Å². The maximum atomic E-state index is 13.2. The Morgan fingerprint density at radius 1 is 1.42 bits per heavy atom. The van der Waals surface area contributed by atoms with E-state index in [0.29, 0.717) is 0 Å². The minimum atomic E-state index is -0.788. The van der Waals surface area contributed by atoms with Gasteiger partial charge in [0.1, 0.15) is 11.9 Å². The van der Waals surface area contributed by atoms with Gasteiger partial charge in [0.25, 0.3) is 5.91 Å². The summed E-state index contributed by atoms with van der Waals surface area (Å²) in [5.41, 5.74) is 0.0617. The number of rotatable bonds is 2. The van der Waals surface area contributed by atoms with E-state index in [1.165, 1.54) is 12.1 Å². The Kier molecular flexibility index (Phi) is 3.80. The molecule has 0 bridgehead atoms. The maximum absolute atomic E-state index is 13.2. The van der Waals surface area contributed by atoms with Gasteiger partial charge in [-0.1, -0.05) is 11.6 Å². The molecule has 1 aliphatic rings. The van der Waals surface area contributed by atoms with Crippen molar-refractivity contribution in [2.24, 2.45) is 0 Å². The van der Waals surface area contributed by atoms with Crippen molar-refractivity contribution < 1.29 is 18.8 Å². The molecule has 0 aromatic heterocycles. The van der Waals surface area contributed by atoms with Crippen LogP contribution in [-0.4, -0.2) is 23.8 Å². The lowest BCUT2D eigenvalue weighted by Crippen LogP contribution is -2.52. The number of nitrogens with one attached hydrogen (secondary N) is 2. The first-order valence-electron chi connectivity index (χ1n) is 5.57. The Hall–Kier alpha value is -1.95. The monoisotopic (exact) mass is 284 g/mol. The van der Waals surface area contributed by atoms with Gasteiger partial charge in [0.15, 0.2) is 0 Å². The lowest BCUT2D eigenvalue weighted by molar-refractivity contribution is -0.134. The molecule has 1 unspecified atom stereocenters. The van der Waals surface area contributed by atoms with E-state index in [9.17, 15) is 18.8 Å². The predicted molar refractivity (Wildman–Crippen MR) is 65.0 cm³/mol. The fourth-order valence-electron chi connectivity index (χ4n) is 1.71. The largest absolute Gasteiger partial charge is 0.340 e. The van der Waals surface area contributed by atoms with Crippen molar-refractivity contribution >= 4 is 29.3 Å². The van der Waals surface area contributed by atoms with E-state index in [1.807, 2.05) is 0 Å². The highest BCUT2D eigenvalue weighted by Gasteiger charge is 2.28. The third-order valence-electron chi connectivity index (χ3n) is 2.73. The first kappa shape index (κ1) is 13.5. The van der Waals surface area contributed by atoms with Crippen molar-refractivity contribution in [3.63, 3.8) is 0 Å². The van der Waals surface area contributed by atoms with Crippen LogP contribution in [0.4, 0.5) is 4.39 Å². The number of piperidine rings is 1. The molecule has 3 amide bonds. The van der Waals surface area contributed by atoms with Gasteiger partial charge in [-0.15, -0.1) is 0 Å². The molecular weight excluding hydrogens is 275 g/mol. The highest BCUT2D eigenvalue weighted by atomic mass is 35.5. The van der Waals surface area contributed by atoms with E-state index in [1.54, 1.807) is 0 Å². The molecule has 2 rings (SSSR count). The van der Waals surface area contributed by atoms with Crippen LogP contribution >= 0.6 is 11.6 Å². The van der Waals surface area contributed by atoms with Crippen molar-refractivity contribution in [1.29, 1.82) is 0 Å². The third kappa shape index (κ3) is 3.08. The smallest absolute Gasteiger partial charge is 0.252 e. The molecule has 0 saturated carbocycles. The van der Waals surface area contributed by atoms with Crippen LogP contribution in [0.2, 0.25) is 5.02 Å². The summed E-state index contributed by atoms with van der Waals surface area (Å²) < 4.78 is 13.2. The average molecular weight is 285 g/mol. The lowest BCUT2D eigenvalue weighted by Gasteiger charge is -2.21. The molecule has 1 aromatic rings. The number of hydrogen-bond acceptors (Lipinski definition) is 3. The molecule has 1 saturated heterocycles. The summed E-state index contributed by atoms with van der Waals surface area (Å²) in [7, 11) is 0. The van der Waals surface area contributed by atoms with Crippen LogP contribution in [0.15, 0.2) is 18.2 Å². The number of carbonyl (C=O) groups is 3. The van der Waals surface area contributed by atoms with Crippen LogP contribution in [-0.2, 0) is 9.59 Å². The fourth-order valence-corrected chi connectivity index (χ4v) is 1.83. The summed E-state index contributed by atoms with van der Waals surface area (Å²) in [6, 6.07) is 2.82. The molecule has 7 heteroatoms. The van der Waals surface area contributed by atoms with E-state index in [4.69, 9.17) is 11.6 Å². The Balaban J connectivity index is 2.06. The zero-order valence-electron chi connectivity index (χ0n) is 9.70. The molecule has 100 valence electrons. The van der Waals surface area contributed by atoms with Crippen LogP contribution in [0, 0.1) is 5.82 Å². The zero-order valence-corrected chi connectivity index (χ0v) is 10.5. The maximum Gasteiger partial charge on any atom is 0.252 e. The summed E-state index contributed by atoms with van der Waals surface area (Å²) in [5, 5.41) is 4.47. The zero-order chi connectivity index (χ0) is 14.0. The lowest BCUT2D eigenvalue weighted by atomic mass is 10.1. The molecule has 1 aromatic carbocycles. The standard InChI is InChI=1S/C12H10ClFN2O3/c13-7-2-1-6(5-8(7)14)11(18)15-9-3-4-10(17)16-12(9)19/h1-2,5,9H,3-4H2,(H,15,18)(H,16,17,19). The van der Waals surface area contributed by atoms with Crippen molar-refractivity contribution in [1.82, 2.24) is 10.6 Å². The molecule has 0 aliphatic carbocycles. The molecule has 5 nitrogen and oxygen atoms in total. The van der Waals surface area contributed by atoms with Crippen LogP contribution in [0.25, 0.3) is 0 Å². The third-order valence-corrected chi connectivity index (χ3v) is 3.03. The van der Waals surface area contributed by atoms with Crippen LogP contribution in [0.5, 0.6) is 0 Å². The molecule has 19 heavy (non-hydrogen) atoms. The van der Waals surface area contributed by atoms with E-state index < -0.39 is 23.7 Å². The molecule has 1 fully saturated rings. The first-order valence-corrected chi connectivity index (χ1v) is 5.95. The van der Waals surface area contributed by atoms with Gasteiger partial charge < -0.3 is 5.32 Å². The Morgan fingerprint density at radius 2 is 2.16 bits per heavy atom. The van der Waals surface area contributed by atoms with E-state index >= 15 is 0 Å². The second kappa shape index (κ2) is 5.36. The SMILES string of the molecule is O=C1CCC(NC(=O)c2ccc(Cl)c(F)c2)C(=O)N1. The van der Waals surface area contributed by atoms with Gasteiger partial charge in [-0.05, 0) is 24.6 Å². The second-order valence-corrected chi connectivity index (χ2v) is 4.51. The number of amides is 3. The number of benzene rings is 1. The Morgan fingerprint density at radius 3 is 2.79 bits per heavy atom. The molecule has 2 N–H and O–H groups in total. The van der Waals surface area contributed by atoms with Crippen molar-refractivity contribution in [2.45, 2.75) is 18.9 Å². The van der Waals surface area contributed by atoms with Gasteiger partial charge in [0.05, 0.1) is 5.02 Å². The molecular formula is C12H10ClFN2O3. The quantitative estimate of drug-likeness (QED) is 0.796. The highest BCUT2D eigenvalue weighted by Crippen LogP contribution is 2.16. The van der Waals surface area contributed by atoms with E-state index in [0.717, 1.165) is 6.07 Å². The van der Waals surface area contributed by atoms with Gasteiger partial charge in [0.2, 0.25) is 11.8 Å². The molecule has 0 radical (unpaired) electrons. The van der Waals surface area contributed by atoms with Crippen LogP contribution < -0.4 is 10.6 Å².